The molecule has 0 radical (unpaired) electrons. The lowest BCUT2D eigenvalue weighted by atomic mass is 10.1. The summed E-state index contributed by atoms with van der Waals surface area (Å²) in [5.74, 6) is 2.17. The number of fused-ring (bicyclic) bond motifs is 1. The summed E-state index contributed by atoms with van der Waals surface area (Å²) in [5, 5.41) is 2.93. The molecule has 28 heavy (non-hydrogen) atoms. The molecule has 3 aromatic rings. The fraction of sp³-hybridized carbons (Fsp3) is 0.174. The lowest BCUT2D eigenvalue weighted by molar-refractivity contribution is 0.0950. The molecule has 0 aromatic heterocycles. The number of para-hydroxylation sites is 1. The molecule has 1 N–H and O–H groups in total. The topological polar surface area (TPSA) is 56.8 Å². The minimum atomic E-state index is -0.120. The first-order valence-electron chi connectivity index (χ1n) is 9.21. The first-order chi connectivity index (χ1) is 13.8. The molecule has 0 spiro atoms. The Hall–Kier alpha value is -3.47. The van der Waals surface area contributed by atoms with Gasteiger partial charge in [0.1, 0.15) is 25.6 Å². The van der Waals surface area contributed by atoms with E-state index in [0.717, 1.165) is 28.4 Å². The van der Waals surface area contributed by atoms with E-state index in [9.17, 15) is 4.79 Å². The zero-order valence-electron chi connectivity index (χ0n) is 15.4. The molecule has 5 heteroatoms. The SMILES string of the molecule is O=C(NCc1ccc2c(c1)OCCO2)c1ccc(COc2ccccc2)cc1. The Labute approximate surface area is 163 Å². The minimum Gasteiger partial charge on any atom is -0.489 e. The van der Waals surface area contributed by atoms with E-state index < -0.39 is 0 Å². The minimum absolute atomic E-state index is 0.120. The van der Waals surface area contributed by atoms with Crippen molar-refractivity contribution < 1.29 is 19.0 Å². The summed E-state index contributed by atoms with van der Waals surface area (Å²) in [6.07, 6.45) is 0. The molecule has 142 valence electrons. The van der Waals surface area contributed by atoms with E-state index in [2.05, 4.69) is 5.32 Å². The summed E-state index contributed by atoms with van der Waals surface area (Å²) >= 11 is 0. The van der Waals surface area contributed by atoms with E-state index in [4.69, 9.17) is 14.2 Å². The lowest BCUT2D eigenvalue weighted by Crippen LogP contribution is -2.23. The van der Waals surface area contributed by atoms with Crippen molar-refractivity contribution in [3.8, 4) is 17.2 Å². The Balaban J connectivity index is 1.31. The second-order valence-corrected chi connectivity index (χ2v) is 6.46. The normalized spacial score (nSPS) is 12.3. The Bertz CT molecular complexity index is 939. The van der Waals surface area contributed by atoms with E-state index in [0.29, 0.717) is 31.9 Å². The fourth-order valence-corrected chi connectivity index (χ4v) is 2.92. The highest BCUT2D eigenvalue weighted by Gasteiger charge is 2.12. The Morgan fingerprint density at radius 1 is 0.857 bits per heavy atom. The molecule has 1 aliphatic heterocycles. The molecule has 0 atom stereocenters. The average Bonchev–Trinajstić information content (AvgIpc) is 2.77. The molecule has 0 unspecified atom stereocenters. The van der Waals surface area contributed by atoms with Crippen LogP contribution < -0.4 is 19.5 Å². The maximum atomic E-state index is 12.4. The third-order valence-corrected chi connectivity index (χ3v) is 4.42. The number of benzene rings is 3. The van der Waals surface area contributed by atoms with E-state index in [1.54, 1.807) is 0 Å². The highest BCUT2D eigenvalue weighted by Crippen LogP contribution is 2.30. The number of hydrogen-bond donors (Lipinski definition) is 1. The number of ether oxygens (including phenoxy) is 3. The Morgan fingerprint density at radius 2 is 1.57 bits per heavy atom. The number of carbonyl (C=O) groups is 1. The summed E-state index contributed by atoms with van der Waals surface area (Å²) in [6.45, 7) is 2.00. The van der Waals surface area contributed by atoms with Crippen molar-refractivity contribution in [2.45, 2.75) is 13.2 Å². The zero-order chi connectivity index (χ0) is 19.2. The molecule has 1 amide bonds. The van der Waals surface area contributed by atoms with Crippen molar-refractivity contribution in [2.24, 2.45) is 0 Å². The standard InChI is InChI=1S/C23H21NO4/c25-23(24-15-18-8-11-21-22(14-18)27-13-12-26-21)19-9-6-17(7-10-19)16-28-20-4-2-1-3-5-20/h1-11,14H,12-13,15-16H2,(H,24,25). The first kappa shape index (κ1) is 17.9. The van der Waals surface area contributed by atoms with Crippen LogP contribution in [-0.2, 0) is 13.2 Å². The number of hydrogen-bond acceptors (Lipinski definition) is 4. The van der Waals surface area contributed by atoms with Gasteiger partial charge < -0.3 is 19.5 Å². The van der Waals surface area contributed by atoms with Crippen LogP contribution in [0.25, 0.3) is 0 Å². The smallest absolute Gasteiger partial charge is 0.251 e. The molecule has 3 aromatic carbocycles. The van der Waals surface area contributed by atoms with Crippen molar-refractivity contribution in [1.82, 2.24) is 5.32 Å². The van der Waals surface area contributed by atoms with Gasteiger partial charge in [-0.15, -0.1) is 0 Å². The largest absolute Gasteiger partial charge is 0.489 e. The third kappa shape index (κ3) is 4.43. The van der Waals surface area contributed by atoms with E-state index in [-0.39, 0.29) is 5.91 Å². The molecular formula is C23H21NO4. The second kappa shape index (κ2) is 8.48. The lowest BCUT2D eigenvalue weighted by Gasteiger charge is -2.19. The summed E-state index contributed by atoms with van der Waals surface area (Å²) < 4.78 is 16.8. The van der Waals surface area contributed by atoms with Gasteiger partial charge in [-0.3, -0.25) is 4.79 Å². The maximum Gasteiger partial charge on any atom is 0.251 e. The zero-order valence-corrected chi connectivity index (χ0v) is 15.4. The predicted octanol–water partition coefficient (Wildman–Crippen LogP) is 3.97. The van der Waals surface area contributed by atoms with Crippen molar-refractivity contribution >= 4 is 5.91 Å². The summed E-state index contributed by atoms with van der Waals surface area (Å²) in [7, 11) is 0. The van der Waals surface area contributed by atoms with Crippen molar-refractivity contribution in [1.29, 1.82) is 0 Å². The number of amides is 1. The molecule has 4 rings (SSSR count). The van der Waals surface area contributed by atoms with Gasteiger partial charge >= 0.3 is 0 Å². The number of rotatable bonds is 6. The second-order valence-electron chi connectivity index (χ2n) is 6.46. The summed E-state index contributed by atoms with van der Waals surface area (Å²) in [6, 6.07) is 22.8. The van der Waals surface area contributed by atoms with Gasteiger partial charge in [0.15, 0.2) is 11.5 Å². The summed E-state index contributed by atoms with van der Waals surface area (Å²) in [5.41, 5.74) is 2.58. The van der Waals surface area contributed by atoms with Crippen LogP contribution in [0.4, 0.5) is 0 Å². The van der Waals surface area contributed by atoms with Gasteiger partial charge in [-0.2, -0.15) is 0 Å². The van der Waals surface area contributed by atoms with E-state index in [1.807, 2.05) is 72.8 Å². The van der Waals surface area contributed by atoms with E-state index >= 15 is 0 Å². The number of carbonyl (C=O) groups excluding carboxylic acids is 1. The van der Waals surface area contributed by atoms with Crippen LogP contribution in [0.15, 0.2) is 72.8 Å². The Morgan fingerprint density at radius 3 is 2.36 bits per heavy atom. The quantitative estimate of drug-likeness (QED) is 0.708. The van der Waals surface area contributed by atoms with E-state index in [1.165, 1.54) is 0 Å². The van der Waals surface area contributed by atoms with Gasteiger partial charge in [0, 0.05) is 12.1 Å². The molecule has 0 bridgehead atoms. The molecule has 0 saturated carbocycles. The first-order valence-corrected chi connectivity index (χ1v) is 9.21. The van der Waals surface area contributed by atoms with Crippen LogP contribution >= 0.6 is 0 Å². The van der Waals surface area contributed by atoms with Crippen molar-refractivity contribution in [2.75, 3.05) is 13.2 Å². The van der Waals surface area contributed by atoms with Gasteiger partial charge in [0.05, 0.1) is 0 Å². The van der Waals surface area contributed by atoms with Crippen LogP contribution in [0.2, 0.25) is 0 Å². The maximum absolute atomic E-state index is 12.4. The van der Waals surface area contributed by atoms with Crippen LogP contribution in [0, 0.1) is 0 Å². The highest BCUT2D eigenvalue weighted by atomic mass is 16.6. The molecule has 5 nitrogen and oxygen atoms in total. The molecule has 0 saturated heterocycles. The molecular weight excluding hydrogens is 354 g/mol. The molecule has 1 heterocycles. The summed E-state index contributed by atoms with van der Waals surface area (Å²) in [4.78, 5) is 12.4. The molecule has 0 aliphatic carbocycles. The van der Waals surface area contributed by atoms with Gasteiger partial charge in [0.2, 0.25) is 0 Å². The predicted molar refractivity (Wildman–Crippen MR) is 106 cm³/mol. The fourth-order valence-electron chi connectivity index (χ4n) is 2.92. The van der Waals surface area contributed by atoms with Gasteiger partial charge in [-0.05, 0) is 47.5 Å². The number of nitrogens with one attached hydrogen (secondary N) is 1. The van der Waals surface area contributed by atoms with Gasteiger partial charge in [0.25, 0.3) is 5.91 Å². The Kier molecular flexibility index (Phi) is 5.43. The highest BCUT2D eigenvalue weighted by molar-refractivity contribution is 5.94. The average molecular weight is 375 g/mol. The van der Waals surface area contributed by atoms with Crippen LogP contribution in [0.1, 0.15) is 21.5 Å². The van der Waals surface area contributed by atoms with Gasteiger partial charge in [-0.1, -0.05) is 36.4 Å². The van der Waals surface area contributed by atoms with Gasteiger partial charge in [-0.25, -0.2) is 0 Å². The van der Waals surface area contributed by atoms with Crippen molar-refractivity contribution in [3.63, 3.8) is 0 Å². The van der Waals surface area contributed by atoms with Crippen molar-refractivity contribution in [3.05, 3.63) is 89.5 Å². The molecule has 1 aliphatic rings. The third-order valence-electron chi connectivity index (χ3n) is 4.42. The van der Waals surface area contributed by atoms with Crippen LogP contribution in [-0.4, -0.2) is 19.1 Å². The monoisotopic (exact) mass is 375 g/mol. The van der Waals surface area contributed by atoms with Crippen LogP contribution in [0.3, 0.4) is 0 Å². The van der Waals surface area contributed by atoms with Crippen LogP contribution in [0.5, 0.6) is 17.2 Å². The molecule has 0 fully saturated rings.